The monoisotopic (exact) mass is 342 g/mol. The van der Waals surface area contributed by atoms with Gasteiger partial charge in [-0.2, -0.15) is 0 Å². The molecule has 1 aliphatic carbocycles. The molecule has 0 heterocycles. The predicted molar refractivity (Wildman–Crippen MR) is 87.9 cm³/mol. The van der Waals surface area contributed by atoms with Crippen LogP contribution in [-0.4, -0.2) is 17.9 Å². The van der Waals surface area contributed by atoms with Gasteiger partial charge in [-0.05, 0) is 30.5 Å². The van der Waals surface area contributed by atoms with E-state index in [9.17, 15) is 9.59 Å². The van der Waals surface area contributed by atoms with Crippen molar-refractivity contribution in [1.82, 2.24) is 5.32 Å². The molecule has 2 amide bonds. The number of benzene rings is 1. The van der Waals surface area contributed by atoms with Crippen LogP contribution in [0.4, 0.5) is 0 Å². The Hall–Kier alpha value is -1.26. The van der Waals surface area contributed by atoms with E-state index in [2.05, 4.69) is 5.32 Å². The van der Waals surface area contributed by atoms with Crippen molar-refractivity contribution >= 4 is 35.0 Å². The van der Waals surface area contributed by atoms with Gasteiger partial charge in [0.15, 0.2) is 0 Å². The Morgan fingerprint density at radius 1 is 1.18 bits per heavy atom. The van der Waals surface area contributed by atoms with E-state index in [4.69, 9.17) is 28.9 Å². The van der Waals surface area contributed by atoms with Gasteiger partial charge in [0.2, 0.25) is 11.8 Å². The lowest BCUT2D eigenvalue weighted by atomic mass is 9.88. The second kappa shape index (κ2) is 7.84. The molecule has 22 heavy (non-hydrogen) atoms. The molecule has 1 saturated carbocycles. The van der Waals surface area contributed by atoms with Gasteiger partial charge in [0, 0.05) is 22.4 Å². The molecule has 0 aliphatic heterocycles. The highest BCUT2D eigenvalue weighted by Crippen LogP contribution is 2.26. The van der Waals surface area contributed by atoms with Crippen molar-refractivity contribution in [2.75, 3.05) is 0 Å². The lowest BCUT2D eigenvalue weighted by molar-refractivity contribution is -0.130. The van der Waals surface area contributed by atoms with Crippen molar-refractivity contribution < 1.29 is 9.59 Å². The molecular formula is C16H20Cl2N2O2. The summed E-state index contributed by atoms with van der Waals surface area (Å²) in [4.78, 5) is 24.0. The first-order valence-electron chi connectivity index (χ1n) is 7.51. The van der Waals surface area contributed by atoms with Crippen molar-refractivity contribution in [2.45, 2.75) is 44.6 Å². The van der Waals surface area contributed by atoms with Crippen molar-refractivity contribution in [3.05, 3.63) is 33.8 Å². The number of amides is 2. The minimum Gasteiger partial charge on any atom is -0.368 e. The van der Waals surface area contributed by atoms with Crippen molar-refractivity contribution in [1.29, 1.82) is 0 Å². The number of carbonyl (C=O) groups is 2. The zero-order chi connectivity index (χ0) is 16.1. The SMILES string of the molecule is NC(=O)[C@@H](Cc1c(Cl)cccc1Cl)NC(=O)C1CCCCC1. The predicted octanol–water partition coefficient (Wildman–Crippen LogP) is 3.09. The summed E-state index contributed by atoms with van der Waals surface area (Å²) in [6.07, 6.45) is 5.20. The first-order chi connectivity index (χ1) is 10.5. The molecule has 0 saturated heterocycles. The van der Waals surface area contributed by atoms with Gasteiger partial charge in [0.1, 0.15) is 6.04 Å². The van der Waals surface area contributed by atoms with Crippen LogP contribution < -0.4 is 11.1 Å². The fraction of sp³-hybridized carbons (Fsp3) is 0.500. The highest BCUT2D eigenvalue weighted by atomic mass is 35.5. The maximum Gasteiger partial charge on any atom is 0.240 e. The number of nitrogens with two attached hydrogens (primary N) is 1. The number of carbonyl (C=O) groups excluding carboxylic acids is 2. The summed E-state index contributed by atoms with van der Waals surface area (Å²) in [7, 11) is 0. The van der Waals surface area contributed by atoms with Crippen LogP contribution in [0.25, 0.3) is 0 Å². The molecule has 0 spiro atoms. The molecule has 0 bridgehead atoms. The van der Waals surface area contributed by atoms with Crippen LogP contribution in [0.2, 0.25) is 10.0 Å². The highest BCUT2D eigenvalue weighted by molar-refractivity contribution is 6.36. The smallest absolute Gasteiger partial charge is 0.240 e. The van der Waals surface area contributed by atoms with E-state index < -0.39 is 11.9 Å². The Bertz CT molecular complexity index is 537. The second-order valence-corrected chi connectivity index (χ2v) is 6.52. The average Bonchev–Trinajstić information content (AvgIpc) is 2.50. The Morgan fingerprint density at radius 3 is 2.32 bits per heavy atom. The third-order valence-corrected chi connectivity index (χ3v) is 4.81. The van der Waals surface area contributed by atoms with Gasteiger partial charge in [0.05, 0.1) is 0 Å². The number of nitrogens with one attached hydrogen (secondary N) is 1. The first-order valence-corrected chi connectivity index (χ1v) is 8.27. The molecule has 1 atom stereocenters. The van der Waals surface area contributed by atoms with E-state index in [0.717, 1.165) is 32.1 Å². The summed E-state index contributed by atoms with van der Waals surface area (Å²) < 4.78 is 0. The van der Waals surface area contributed by atoms with E-state index >= 15 is 0 Å². The minimum absolute atomic E-state index is 0.0303. The van der Waals surface area contributed by atoms with Gasteiger partial charge >= 0.3 is 0 Å². The Labute approximate surface area is 140 Å². The number of halogens is 2. The van der Waals surface area contributed by atoms with Crippen LogP contribution in [0.5, 0.6) is 0 Å². The molecule has 1 aromatic rings. The number of hydrogen-bond donors (Lipinski definition) is 2. The molecule has 1 fully saturated rings. The Kier molecular flexibility index (Phi) is 6.09. The fourth-order valence-electron chi connectivity index (χ4n) is 2.81. The van der Waals surface area contributed by atoms with E-state index in [1.165, 1.54) is 0 Å². The summed E-state index contributed by atoms with van der Waals surface area (Å²) >= 11 is 12.2. The standard InChI is InChI=1S/C16H20Cl2N2O2/c17-12-7-4-8-13(18)11(12)9-14(15(19)21)20-16(22)10-5-2-1-3-6-10/h4,7-8,10,14H,1-3,5-6,9H2,(H2,19,21)(H,20,22)/t14-/m1/s1. The van der Waals surface area contributed by atoms with Crippen molar-refractivity contribution in [3.63, 3.8) is 0 Å². The van der Waals surface area contributed by atoms with Gasteiger partial charge < -0.3 is 11.1 Å². The number of hydrogen-bond acceptors (Lipinski definition) is 2. The minimum atomic E-state index is -0.799. The van der Waals surface area contributed by atoms with E-state index in [1.54, 1.807) is 18.2 Å². The molecule has 4 nitrogen and oxygen atoms in total. The maximum atomic E-state index is 12.3. The van der Waals surface area contributed by atoms with Gasteiger partial charge in [-0.1, -0.05) is 48.5 Å². The Balaban J connectivity index is 2.07. The lowest BCUT2D eigenvalue weighted by Crippen LogP contribution is -2.48. The third kappa shape index (κ3) is 4.37. The molecule has 2 rings (SSSR count). The first kappa shape index (κ1) is 17.1. The van der Waals surface area contributed by atoms with Crippen LogP contribution in [0.3, 0.4) is 0 Å². The quantitative estimate of drug-likeness (QED) is 0.862. The molecule has 0 unspecified atom stereocenters. The summed E-state index contributed by atoms with van der Waals surface area (Å²) in [6, 6.07) is 4.33. The second-order valence-electron chi connectivity index (χ2n) is 5.70. The molecule has 0 aromatic heterocycles. The fourth-order valence-corrected chi connectivity index (χ4v) is 3.36. The van der Waals surface area contributed by atoms with Crippen LogP contribution in [0.15, 0.2) is 18.2 Å². The summed E-state index contributed by atoms with van der Waals surface area (Å²) in [5.74, 6) is -0.718. The summed E-state index contributed by atoms with van der Waals surface area (Å²) in [5, 5.41) is 3.69. The third-order valence-electron chi connectivity index (χ3n) is 4.11. The highest BCUT2D eigenvalue weighted by Gasteiger charge is 2.26. The molecule has 1 aliphatic rings. The summed E-state index contributed by atoms with van der Waals surface area (Å²) in [6.45, 7) is 0. The van der Waals surface area contributed by atoms with Gasteiger partial charge in [-0.25, -0.2) is 0 Å². The topological polar surface area (TPSA) is 72.2 Å². The number of rotatable bonds is 5. The van der Waals surface area contributed by atoms with Gasteiger partial charge in [0.25, 0.3) is 0 Å². The lowest BCUT2D eigenvalue weighted by Gasteiger charge is -2.24. The van der Waals surface area contributed by atoms with Crippen molar-refractivity contribution in [3.8, 4) is 0 Å². The zero-order valence-electron chi connectivity index (χ0n) is 12.3. The van der Waals surface area contributed by atoms with Crippen LogP contribution >= 0.6 is 23.2 Å². The van der Waals surface area contributed by atoms with Gasteiger partial charge in [-0.15, -0.1) is 0 Å². The Morgan fingerprint density at radius 2 is 1.77 bits per heavy atom. The number of primary amides is 1. The molecule has 120 valence electrons. The van der Waals surface area contributed by atoms with Crippen LogP contribution in [0, 0.1) is 5.92 Å². The van der Waals surface area contributed by atoms with E-state index in [1.807, 2.05) is 0 Å². The molecule has 0 radical (unpaired) electrons. The maximum absolute atomic E-state index is 12.3. The normalized spacial score (nSPS) is 17.0. The molecular weight excluding hydrogens is 323 g/mol. The van der Waals surface area contributed by atoms with E-state index in [-0.39, 0.29) is 18.2 Å². The molecule has 6 heteroatoms. The average molecular weight is 343 g/mol. The van der Waals surface area contributed by atoms with E-state index in [0.29, 0.717) is 15.6 Å². The van der Waals surface area contributed by atoms with Crippen LogP contribution in [0.1, 0.15) is 37.7 Å². The van der Waals surface area contributed by atoms with Crippen LogP contribution in [-0.2, 0) is 16.0 Å². The molecule has 1 aromatic carbocycles. The zero-order valence-corrected chi connectivity index (χ0v) is 13.8. The summed E-state index contributed by atoms with van der Waals surface area (Å²) in [5.41, 5.74) is 6.05. The van der Waals surface area contributed by atoms with Gasteiger partial charge in [-0.3, -0.25) is 9.59 Å². The molecule has 3 N–H and O–H groups in total. The van der Waals surface area contributed by atoms with Crippen molar-refractivity contribution in [2.24, 2.45) is 11.7 Å². The largest absolute Gasteiger partial charge is 0.368 e.